The van der Waals surface area contributed by atoms with E-state index in [0.717, 1.165) is 36.6 Å². The summed E-state index contributed by atoms with van der Waals surface area (Å²) in [7, 11) is 0. The molecule has 2 heterocycles. The van der Waals surface area contributed by atoms with Crippen molar-refractivity contribution in [3.05, 3.63) is 59.5 Å². The Kier molecular flexibility index (Phi) is 6.59. The third-order valence-corrected chi connectivity index (χ3v) is 4.61. The van der Waals surface area contributed by atoms with Crippen molar-refractivity contribution in [3.63, 3.8) is 0 Å². The first-order valence-electron chi connectivity index (χ1n) is 9.29. The second-order valence-corrected chi connectivity index (χ2v) is 6.51. The van der Waals surface area contributed by atoms with Gasteiger partial charge in [-0.25, -0.2) is 14.4 Å². The molecule has 1 saturated heterocycles. The maximum Gasteiger partial charge on any atom is 0.191 e. The van der Waals surface area contributed by atoms with Gasteiger partial charge in [-0.2, -0.15) is 0 Å². The van der Waals surface area contributed by atoms with Crippen molar-refractivity contribution in [2.75, 3.05) is 24.5 Å². The summed E-state index contributed by atoms with van der Waals surface area (Å²) in [5.74, 6) is 0.832. The van der Waals surface area contributed by atoms with Gasteiger partial charge >= 0.3 is 0 Å². The molecule has 0 radical (unpaired) electrons. The number of pyridine rings is 1. The van der Waals surface area contributed by atoms with E-state index in [0.29, 0.717) is 18.9 Å². The van der Waals surface area contributed by atoms with Crippen LogP contribution in [0.4, 0.5) is 10.2 Å². The van der Waals surface area contributed by atoms with Crippen LogP contribution in [0.15, 0.2) is 47.6 Å². The predicted molar refractivity (Wildman–Crippen MR) is 105 cm³/mol. The molecule has 2 aromatic rings. The molecule has 0 spiro atoms. The number of hydrogen-bond donors (Lipinski definition) is 3. The number of nitrogens with zero attached hydrogens (tertiary/aromatic N) is 3. The van der Waals surface area contributed by atoms with E-state index in [9.17, 15) is 9.50 Å². The van der Waals surface area contributed by atoms with E-state index in [2.05, 4.69) is 20.6 Å². The van der Waals surface area contributed by atoms with Gasteiger partial charge in [-0.05, 0) is 36.6 Å². The Morgan fingerprint density at radius 2 is 2.11 bits per heavy atom. The summed E-state index contributed by atoms with van der Waals surface area (Å²) in [5.41, 5.74) is 1.88. The van der Waals surface area contributed by atoms with Crippen molar-refractivity contribution in [2.45, 2.75) is 32.5 Å². The molecule has 1 aliphatic rings. The Morgan fingerprint density at radius 1 is 1.30 bits per heavy atom. The summed E-state index contributed by atoms with van der Waals surface area (Å²) in [5, 5.41) is 16.1. The van der Waals surface area contributed by atoms with Crippen molar-refractivity contribution >= 4 is 11.8 Å². The van der Waals surface area contributed by atoms with Crippen LogP contribution in [0.5, 0.6) is 0 Å². The molecule has 7 heteroatoms. The van der Waals surface area contributed by atoms with Crippen LogP contribution in [0.2, 0.25) is 0 Å². The first kappa shape index (κ1) is 19.1. The van der Waals surface area contributed by atoms with Gasteiger partial charge in [0.2, 0.25) is 0 Å². The number of rotatable bonds is 6. The van der Waals surface area contributed by atoms with E-state index < -0.39 is 0 Å². The summed E-state index contributed by atoms with van der Waals surface area (Å²) in [6, 6.07) is 10.9. The topological polar surface area (TPSA) is 72.8 Å². The maximum atomic E-state index is 14.0. The lowest BCUT2D eigenvalue weighted by atomic mass is 10.1. The SMILES string of the molecule is CCNC(=NCc1ccccc1CO)NC1CCN(c2ncccc2F)C1. The molecule has 1 aliphatic heterocycles. The molecular formula is C20H26FN5O. The fourth-order valence-electron chi connectivity index (χ4n) is 3.22. The normalized spacial score (nSPS) is 17.2. The minimum atomic E-state index is -0.292. The van der Waals surface area contributed by atoms with Gasteiger partial charge in [0.05, 0.1) is 13.2 Å². The Bertz CT molecular complexity index is 782. The minimum Gasteiger partial charge on any atom is -0.392 e. The number of guanidine groups is 1. The third-order valence-electron chi connectivity index (χ3n) is 4.61. The summed E-state index contributed by atoms with van der Waals surface area (Å²) in [4.78, 5) is 10.8. The standard InChI is InChI=1S/C20H26FN5O/c1-2-22-20(24-12-15-6-3-4-7-16(15)14-27)25-17-9-11-26(13-17)19-18(21)8-5-10-23-19/h3-8,10,17,27H,2,9,11-14H2,1H3,(H2,22,24,25). The second kappa shape index (κ2) is 9.32. The number of aliphatic imine (C=N–C) groups is 1. The average molecular weight is 371 g/mol. The number of hydrogen-bond acceptors (Lipinski definition) is 4. The lowest BCUT2D eigenvalue weighted by Gasteiger charge is -2.20. The molecule has 27 heavy (non-hydrogen) atoms. The Balaban J connectivity index is 1.64. The number of nitrogens with one attached hydrogen (secondary N) is 2. The van der Waals surface area contributed by atoms with Crippen LogP contribution in [-0.4, -0.2) is 41.7 Å². The smallest absolute Gasteiger partial charge is 0.191 e. The lowest BCUT2D eigenvalue weighted by molar-refractivity contribution is 0.280. The largest absolute Gasteiger partial charge is 0.392 e. The highest BCUT2D eigenvalue weighted by molar-refractivity contribution is 5.80. The highest BCUT2D eigenvalue weighted by Crippen LogP contribution is 2.20. The highest BCUT2D eigenvalue weighted by atomic mass is 19.1. The molecule has 0 aliphatic carbocycles. The number of aromatic nitrogens is 1. The van der Waals surface area contributed by atoms with Gasteiger partial charge in [0.25, 0.3) is 0 Å². The molecule has 3 N–H and O–H groups in total. The van der Waals surface area contributed by atoms with Crippen LogP contribution in [0.3, 0.4) is 0 Å². The van der Waals surface area contributed by atoms with E-state index in [1.54, 1.807) is 12.3 Å². The van der Waals surface area contributed by atoms with Crippen LogP contribution in [-0.2, 0) is 13.2 Å². The molecular weight excluding hydrogens is 345 g/mol. The summed E-state index contributed by atoms with van der Waals surface area (Å²) in [6.07, 6.45) is 2.50. The molecule has 1 fully saturated rings. The Hall–Kier alpha value is -2.67. The van der Waals surface area contributed by atoms with Crippen molar-refractivity contribution < 1.29 is 9.50 Å². The van der Waals surface area contributed by atoms with Gasteiger partial charge in [0.15, 0.2) is 17.6 Å². The van der Waals surface area contributed by atoms with E-state index in [-0.39, 0.29) is 18.5 Å². The molecule has 0 amide bonds. The summed E-state index contributed by atoms with van der Waals surface area (Å²) in [6.45, 7) is 4.67. The van der Waals surface area contributed by atoms with Crippen molar-refractivity contribution in [3.8, 4) is 0 Å². The molecule has 3 rings (SSSR count). The van der Waals surface area contributed by atoms with Gasteiger partial charge in [-0.3, -0.25) is 0 Å². The Labute approximate surface area is 159 Å². The van der Waals surface area contributed by atoms with Crippen molar-refractivity contribution in [1.29, 1.82) is 0 Å². The van der Waals surface area contributed by atoms with Gasteiger partial charge in [0, 0.05) is 31.9 Å². The molecule has 144 valence electrons. The van der Waals surface area contributed by atoms with Crippen LogP contribution >= 0.6 is 0 Å². The number of benzene rings is 1. The van der Waals surface area contributed by atoms with Crippen LogP contribution in [0.25, 0.3) is 0 Å². The third kappa shape index (κ3) is 4.95. The van der Waals surface area contributed by atoms with E-state index >= 15 is 0 Å². The Morgan fingerprint density at radius 3 is 2.85 bits per heavy atom. The molecule has 1 aromatic heterocycles. The number of halogens is 1. The van der Waals surface area contributed by atoms with E-state index in [1.165, 1.54) is 6.07 Å². The average Bonchev–Trinajstić information content (AvgIpc) is 3.15. The van der Waals surface area contributed by atoms with Crippen LogP contribution in [0, 0.1) is 5.82 Å². The molecule has 6 nitrogen and oxygen atoms in total. The first-order valence-corrected chi connectivity index (χ1v) is 9.29. The van der Waals surface area contributed by atoms with Gasteiger partial charge in [-0.15, -0.1) is 0 Å². The second-order valence-electron chi connectivity index (χ2n) is 6.51. The quantitative estimate of drug-likeness (QED) is 0.535. The predicted octanol–water partition coefficient (Wildman–Crippen LogP) is 2.05. The zero-order valence-corrected chi connectivity index (χ0v) is 15.5. The van der Waals surface area contributed by atoms with Crippen molar-refractivity contribution in [1.82, 2.24) is 15.6 Å². The fraction of sp³-hybridized carbons (Fsp3) is 0.400. The van der Waals surface area contributed by atoms with Gasteiger partial charge in [-0.1, -0.05) is 24.3 Å². The van der Waals surface area contributed by atoms with E-state index in [4.69, 9.17) is 0 Å². The van der Waals surface area contributed by atoms with Crippen LogP contribution < -0.4 is 15.5 Å². The summed E-state index contributed by atoms with van der Waals surface area (Å²) < 4.78 is 14.0. The number of aliphatic hydroxyl groups is 1. The van der Waals surface area contributed by atoms with Gasteiger partial charge < -0.3 is 20.6 Å². The highest BCUT2D eigenvalue weighted by Gasteiger charge is 2.25. The minimum absolute atomic E-state index is 0.00286. The molecule has 0 bridgehead atoms. The molecule has 1 unspecified atom stereocenters. The summed E-state index contributed by atoms with van der Waals surface area (Å²) >= 11 is 0. The van der Waals surface area contributed by atoms with Gasteiger partial charge in [0.1, 0.15) is 0 Å². The number of aliphatic hydroxyl groups excluding tert-OH is 1. The molecule has 0 saturated carbocycles. The van der Waals surface area contributed by atoms with Crippen molar-refractivity contribution in [2.24, 2.45) is 4.99 Å². The zero-order chi connectivity index (χ0) is 19.1. The molecule has 1 aromatic carbocycles. The van der Waals surface area contributed by atoms with E-state index in [1.807, 2.05) is 36.1 Å². The zero-order valence-electron chi connectivity index (χ0n) is 15.5. The molecule has 1 atom stereocenters. The monoisotopic (exact) mass is 371 g/mol. The number of anilines is 1. The lowest BCUT2D eigenvalue weighted by Crippen LogP contribution is -2.44. The maximum absolute atomic E-state index is 14.0. The first-order chi connectivity index (χ1) is 13.2. The van der Waals surface area contributed by atoms with Crippen LogP contribution in [0.1, 0.15) is 24.5 Å². The fourth-order valence-corrected chi connectivity index (χ4v) is 3.22.